The molecule has 1 unspecified atom stereocenters. The molecule has 0 bridgehead atoms. The van der Waals surface area contributed by atoms with E-state index in [0.717, 1.165) is 19.4 Å². The molecule has 0 spiro atoms. The molecular weight excluding hydrogens is 226 g/mol. The molecule has 0 aromatic rings. The Morgan fingerprint density at radius 2 is 2.18 bits per heavy atom. The molecule has 17 heavy (non-hydrogen) atoms. The first-order valence-corrected chi connectivity index (χ1v) is 5.45. The Hall–Kier alpha value is -1.63. The van der Waals surface area contributed by atoms with Gasteiger partial charge in [0.15, 0.2) is 0 Å². The first-order chi connectivity index (χ1) is 8.04. The minimum Gasteiger partial charge on any atom is -0.468 e. The summed E-state index contributed by atoms with van der Waals surface area (Å²) in [6.07, 6.45) is 1.78. The molecule has 0 aromatic heterocycles. The summed E-state index contributed by atoms with van der Waals surface area (Å²) in [6.45, 7) is 1.17. The van der Waals surface area contributed by atoms with Gasteiger partial charge in [-0.3, -0.25) is 19.8 Å². The minimum absolute atomic E-state index is 0.135. The SMILES string of the molecule is COC(=O)C1CCCN1CCC(=O)NC(N)=O. The van der Waals surface area contributed by atoms with Crippen LogP contribution >= 0.6 is 0 Å². The summed E-state index contributed by atoms with van der Waals surface area (Å²) in [5, 5.41) is 1.98. The fourth-order valence-corrected chi connectivity index (χ4v) is 1.94. The average Bonchev–Trinajstić information content (AvgIpc) is 2.72. The lowest BCUT2D eigenvalue weighted by Gasteiger charge is -2.21. The van der Waals surface area contributed by atoms with E-state index in [2.05, 4.69) is 4.74 Å². The van der Waals surface area contributed by atoms with Gasteiger partial charge in [-0.1, -0.05) is 0 Å². The van der Waals surface area contributed by atoms with Crippen LogP contribution in [-0.2, 0) is 14.3 Å². The third-order valence-electron chi connectivity index (χ3n) is 2.73. The number of ether oxygens (including phenoxy) is 1. The molecule has 1 aliphatic rings. The minimum atomic E-state index is -0.860. The van der Waals surface area contributed by atoms with Gasteiger partial charge in [0.05, 0.1) is 7.11 Å². The third kappa shape index (κ3) is 4.03. The van der Waals surface area contributed by atoms with Crippen molar-refractivity contribution >= 4 is 17.9 Å². The zero-order valence-electron chi connectivity index (χ0n) is 9.77. The number of nitrogens with one attached hydrogen (secondary N) is 1. The first-order valence-electron chi connectivity index (χ1n) is 5.45. The highest BCUT2D eigenvalue weighted by Crippen LogP contribution is 2.18. The molecule has 1 heterocycles. The Balaban J connectivity index is 2.38. The second kappa shape index (κ2) is 6.19. The van der Waals surface area contributed by atoms with Gasteiger partial charge in [-0.05, 0) is 19.4 Å². The topological polar surface area (TPSA) is 102 Å². The Labute approximate surface area is 99.3 Å². The van der Waals surface area contributed by atoms with Crippen molar-refractivity contribution in [2.45, 2.75) is 25.3 Å². The van der Waals surface area contributed by atoms with E-state index in [1.807, 2.05) is 10.2 Å². The molecule has 1 saturated heterocycles. The summed E-state index contributed by atoms with van der Waals surface area (Å²) in [5.41, 5.74) is 4.82. The predicted octanol–water partition coefficient (Wildman–Crippen LogP) is -0.791. The van der Waals surface area contributed by atoms with Crippen molar-refractivity contribution in [1.82, 2.24) is 10.2 Å². The van der Waals surface area contributed by atoms with E-state index in [9.17, 15) is 14.4 Å². The number of nitrogens with zero attached hydrogens (tertiary/aromatic N) is 1. The van der Waals surface area contributed by atoms with Crippen molar-refractivity contribution in [2.24, 2.45) is 5.73 Å². The molecular formula is C10H17N3O4. The number of carbonyl (C=O) groups excluding carboxylic acids is 3. The molecule has 3 amide bonds. The third-order valence-corrected chi connectivity index (χ3v) is 2.73. The molecule has 1 fully saturated rings. The van der Waals surface area contributed by atoms with Crippen LogP contribution in [0.15, 0.2) is 0 Å². The number of nitrogens with two attached hydrogens (primary N) is 1. The molecule has 1 rings (SSSR count). The van der Waals surface area contributed by atoms with E-state index < -0.39 is 11.9 Å². The maximum atomic E-state index is 11.4. The number of esters is 1. The average molecular weight is 243 g/mol. The Morgan fingerprint density at radius 3 is 2.76 bits per heavy atom. The smallest absolute Gasteiger partial charge is 0.323 e. The van der Waals surface area contributed by atoms with Crippen LogP contribution in [0.3, 0.4) is 0 Å². The van der Waals surface area contributed by atoms with E-state index in [4.69, 9.17) is 5.73 Å². The van der Waals surface area contributed by atoms with E-state index in [-0.39, 0.29) is 18.4 Å². The number of hydrogen-bond acceptors (Lipinski definition) is 5. The molecule has 0 radical (unpaired) electrons. The lowest BCUT2D eigenvalue weighted by molar-refractivity contribution is -0.146. The molecule has 0 aromatic carbocycles. The summed E-state index contributed by atoms with van der Waals surface area (Å²) in [4.78, 5) is 34.9. The number of likely N-dealkylation sites (tertiary alicyclic amines) is 1. The Bertz CT molecular complexity index is 319. The summed E-state index contributed by atoms with van der Waals surface area (Å²) in [6, 6.07) is -1.14. The Kier molecular flexibility index (Phi) is 4.89. The lowest BCUT2D eigenvalue weighted by Crippen LogP contribution is -2.41. The fourth-order valence-electron chi connectivity index (χ4n) is 1.94. The van der Waals surface area contributed by atoms with Gasteiger partial charge in [0.2, 0.25) is 5.91 Å². The van der Waals surface area contributed by atoms with E-state index in [0.29, 0.717) is 6.54 Å². The maximum Gasteiger partial charge on any atom is 0.323 e. The van der Waals surface area contributed by atoms with Crippen LogP contribution < -0.4 is 11.1 Å². The van der Waals surface area contributed by atoms with Crippen molar-refractivity contribution in [3.05, 3.63) is 0 Å². The summed E-state index contributed by atoms with van der Waals surface area (Å²) in [7, 11) is 1.35. The van der Waals surface area contributed by atoms with Gasteiger partial charge in [-0.25, -0.2) is 4.79 Å². The normalized spacial score (nSPS) is 19.9. The van der Waals surface area contributed by atoms with Crippen LogP contribution in [0.2, 0.25) is 0 Å². The zero-order valence-corrected chi connectivity index (χ0v) is 9.77. The lowest BCUT2D eigenvalue weighted by atomic mass is 10.2. The molecule has 3 N–H and O–H groups in total. The fraction of sp³-hybridized carbons (Fsp3) is 0.700. The highest BCUT2D eigenvalue weighted by molar-refractivity contribution is 5.93. The highest BCUT2D eigenvalue weighted by Gasteiger charge is 2.31. The molecule has 1 aliphatic heterocycles. The van der Waals surface area contributed by atoms with Crippen molar-refractivity contribution in [2.75, 3.05) is 20.2 Å². The summed E-state index contributed by atoms with van der Waals surface area (Å²) < 4.78 is 4.68. The number of amides is 3. The number of methoxy groups -OCH3 is 1. The molecule has 7 nitrogen and oxygen atoms in total. The van der Waals surface area contributed by atoms with Gasteiger partial charge >= 0.3 is 12.0 Å². The van der Waals surface area contributed by atoms with Crippen molar-refractivity contribution in [3.63, 3.8) is 0 Å². The van der Waals surface area contributed by atoms with Crippen molar-refractivity contribution in [1.29, 1.82) is 0 Å². The second-order valence-electron chi connectivity index (χ2n) is 3.88. The van der Waals surface area contributed by atoms with Gasteiger partial charge in [0.25, 0.3) is 0 Å². The van der Waals surface area contributed by atoms with Crippen LogP contribution in [0.4, 0.5) is 4.79 Å². The van der Waals surface area contributed by atoms with Crippen LogP contribution in [0.1, 0.15) is 19.3 Å². The number of carbonyl (C=O) groups is 3. The number of primary amides is 1. The van der Waals surface area contributed by atoms with Gasteiger partial charge in [0, 0.05) is 13.0 Å². The molecule has 96 valence electrons. The van der Waals surface area contributed by atoms with Gasteiger partial charge < -0.3 is 10.5 Å². The molecule has 7 heteroatoms. The van der Waals surface area contributed by atoms with Crippen LogP contribution in [0.5, 0.6) is 0 Å². The highest BCUT2D eigenvalue weighted by atomic mass is 16.5. The number of hydrogen-bond donors (Lipinski definition) is 2. The first kappa shape index (κ1) is 13.4. The number of urea groups is 1. The van der Waals surface area contributed by atoms with Crippen molar-refractivity contribution in [3.8, 4) is 0 Å². The van der Waals surface area contributed by atoms with Crippen LogP contribution in [0.25, 0.3) is 0 Å². The molecule has 0 aliphatic carbocycles. The van der Waals surface area contributed by atoms with Crippen LogP contribution in [0, 0.1) is 0 Å². The quantitative estimate of drug-likeness (QED) is 0.630. The summed E-state index contributed by atoms with van der Waals surface area (Å²) >= 11 is 0. The predicted molar refractivity (Wildman–Crippen MR) is 59.0 cm³/mol. The van der Waals surface area contributed by atoms with Crippen LogP contribution in [-0.4, -0.2) is 49.0 Å². The Morgan fingerprint density at radius 1 is 1.47 bits per heavy atom. The zero-order chi connectivity index (χ0) is 12.8. The maximum absolute atomic E-state index is 11.4. The monoisotopic (exact) mass is 243 g/mol. The second-order valence-corrected chi connectivity index (χ2v) is 3.88. The largest absolute Gasteiger partial charge is 0.468 e. The number of imide groups is 1. The van der Waals surface area contributed by atoms with Gasteiger partial charge in [0.1, 0.15) is 6.04 Å². The molecule has 0 saturated carbocycles. The molecule has 1 atom stereocenters. The van der Waals surface area contributed by atoms with E-state index >= 15 is 0 Å². The number of rotatable bonds is 4. The standard InChI is InChI=1S/C10H17N3O4/c1-17-9(15)7-3-2-5-13(7)6-4-8(14)12-10(11)16/h7H,2-6H2,1H3,(H3,11,12,14,16). The van der Waals surface area contributed by atoms with Crippen molar-refractivity contribution < 1.29 is 19.1 Å². The van der Waals surface area contributed by atoms with Gasteiger partial charge in [-0.2, -0.15) is 0 Å². The summed E-state index contributed by atoms with van der Waals surface area (Å²) in [5.74, 6) is -0.717. The van der Waals surface area contributed by atoms with E-state index in [1.165, 1.54) is 7.11 Å². The van der Waals surface area contributed by atoms with E-state index in [1.54, 1.807) is 0 Å². The van der Waals surface area contributed by atoms with Gasteiger partial charge in [-0.15, -0.1) is 0 Å².